The summed E-state index contributed by atoms with van der Waals surface area (Å²) < 4.78 is 5.83. The lowest BCUT2D eigenvalue weighted by Gasteiger charge is -2.07. The minimum Gasteiger partial charge on any atom is -0.489 e. The highest BCUT2D eigenvalue weighted by Crippen LogP contribution is 2.16. The van der Waals surface area contributed by atoms with E-state index in [9.17, 15) is 0 Å². The van der Waals surface area contributed by atoms with Crippen molar-refractivity contribution in [2.75, 3.05) is 5.43 Å². The molecule has 0 atom stereocenters. The molecule has 3 aromatic carbocycles. The molecule has 0 spiro atoms. The Kier molecular flexibility index (Phi) is 5.70. The molecular formula is C21H19ClN2O. The van der Waals surface area contributed by atoms with Crippen LogP contribution >= 0.6 is 11.6 Å². The van der Waals surface area contributed by atoms with Gasteiger partial charge in [-0.3, -0.25) is 5.43 Å². The number of ether oxygens (including phenoxy) is 1. The zero-order valence-electron chi connectivity index (χ0n) is 13.9. The fourth-order valence-corrected chi connectivity index (χ4v) is 2.37. The molecule has 3 nitrogen and oxygen atoms in total. The van der Waals surface area contributed by atoms with Gasteiger partial charge in [-0.1, -0.05) is 53.6 Å². The Labute approximate surface area is 152 Å². The number of rotatable bonds is 6. The van der Waals surface area contributed by atoms with Gasteiger partial charge in [-0.05, 0) is 54.4 Å². The topological polar surface area (TPSA) is 33.6 Å². The zero-order valence-corrected chi connectivity index (χ0v) is 14.7. The Bertz CT molecular complexity index is 843. The summed E-state index contributed by atoms with van der Waals surface area (Å²) in [6, 6.07) is 23.5. The predicted molar refractivity (Wildman–Crippen MR) is 105 cm³/mol. The lowest BCUT2D eigenvalue weighted by molar-refractivity contribution is 0.306. The lowest BCUT2D eigenvalue weighted by Crippen LogP contribution is -1.96. The third-order valence-corrected chi connectivity index (χ3v) is 3.89. The van der Waals surface area contributed by atoms with Gasteiger partial charge in [0.25, 0.3) is 0 Å². The van der Waals surface area contributed by atoms with Crippen molar-refractivity contribution in [1.29, 1.82) is 0 Å². The Hall–Kier alpha value is -2.78. The van der Waals surface area contributed by atoms with Crippen LogP contribution in [0.4, 0.5) is 5.69 Å². The summed E-state index contributed by atoms with van der Waals surface area (Å²) in [4.78, 5) is 0. The molecule has 0 saturated carbocycles. The number of hydrogen-bond donors (Lipinski definition) is 1. The van der Waals surface area contributed by atoms with E-state index in [1.807, 2.05) is 72.8 Å². The van der Waals surface area contributed by atoms with Gasteiger partial charge in [-0.2, -0.15) is 5.10 Å². The second kappa shape index (κ2) is 8.36. The normalized spacial score (nSPS) is 10.8. The first-order chi connectivity index (χ1) is 12.2. The van der Waals surface area contributed by atoms with E-state index in [1.54, 1.807) is 6.21 Å². The van der Waals surface area contributed by atoms with Crippen molar-refractivity contribution in [2.45, 2.75) is 13.5 Å². The largest absolute Gasteiger partial charge is 0.489 e. The van der Waals surface area contributed by atoms with E-state index in [2.05, 4.69) is 17.5 Å². The first-order valence-electron chi connectivity index (χ1n) is 8.02. The molecule has 3 aromatic rings. The van der Waals surface area contributed by atoms with Crippen molar-refractivity contribution in [3.8, 4) is 5.75 Å². The monoisotopic (exact) mass is 350 g/mol. The van der Waals surface area contributed by atoms with Crippen molar-refractivity contribution < 1.29 is 4.74 Å². The number of nitrogens with zero attached hydrogens (tertiary/aromatic N) is 1. The van der Waals surface area contributed by atoms with Crippen LogP contribution < -0.4 is 10.2 Å². The number of nitrogens with one attached hydrogen (secondary N) is 1. The average molecular weight is 351 g/mol. The predicted octanol–water partition coefficient (Wildman–Crippen LogP) is 5.67. The van der Waals surface area contributed by atoms with E-state index in [0.717, 1.165) is 27.6 Å². The van der Waals surface area contributed by atoms with Crippen LogP contribution in [0.5, 0.6) is 5.75 Å². The molecule has 3 rings (SSSR count). The zero-order chi connectivity index (χ0) is 17.5. The summed E-state index contributed by atoms with van der Waals surface area (Å²) in [5, 5.41) is 4.99. The number of aryl methyl sites for hydroxylation is 1. The van der Waals surface area contributed by atoms with Crippen LogP contribution in [-0.2, 0) is 6.61 Å². The number of hydrogen-bond acceptors (Lipinski definition) is 3. The van der Waals surface area contributed by atoms with Crippen molar-refractivity contribution in [3.05, 3.63) is 94.5 Å². The molecule has 0 aliphatic carbocycles. The Balaban J connectivity index is 1.58. The molecule has 0 heterocycles. The van der Waals surface area contributed by atoms with E-state index in [0.29, 0.717) is 6.61 Å². The molecule has 0 saturated heterocycles. The van der Waals surface area contributed by atoms with Crippen LogP contribution in [-0.4, -0.2) is 6.21 Å². The molecule has 4 heteroatoms. The summed E-state index contributed by atoms with van der Waals surface area (Å²) in [6.45, 7) is 2.56. The van der Waals surface area contributed by atoms with Crippen LogP contribution in [0.25, 0.3) is 0 Å². The summed E-state index contributed by atoms with van der Waals surface area (Å²) in [5.74, 6) is 0.800. The molecule has 0 bridgehead atoms. The van der Waals surface area contributed by atoms with Crippen molar-refractivity contribution in [3.63, 3.8) is 0 Å². The quantitative estimate of drug-likeness (QED) is 0.458. The summed E-state index contributed by atoms with van der Waals surface area (Å²) >= 11 is 5.89. The Morgan fingerprint density at radius 2 is 1.76 bits per heavy atom. The molecule has 0 aliphatic heterocycles. The number of benzene rings is 3. The fourth-order valence-electron chi connectivity index (χ4n) is 2.24. The lowest BCUT2D eigenvalue weighted by atomic mass is 10.2. The molecule has 0 radical (unpaired) electrons. The van der Waals surface area contributed by atoms with Crippen molar-refractivity contribution in [2.24, 2.45) is 5.10 Å². The fraction of sp³-hybridized carbons (Fsp3) is 0.0952. The number of anilines is 1. The van der Waals surface area contributed by atoms with E-state index in [-0.39, 0.29) is 0 Å². The highest BCUT2D eigenvalue weighted by Gasteiger charge is 1.98. The molecule has 0 aliphatic rings. The number of halogens is 1. The highest BCUT2D eigenvalue weighted by atomic mass is 35.5. The molecule has 126 valence electrons. The van der Waals surface area contributed by atoms with E-state index in [4.69, 9.17) is 16.3 Å². The average Bonchev–Trinajstić information content (AvgIpc) is 2.63. The van der Waals surface area contributed by atoms with Gasteiger partial charge in [0.15, 0.2) is 0 Å². The maximum absolute atomic E-state index is 5.89. The van der Waals surface area contributed by atoms with Crippen LogP contribution in [0.15, 0.2) is 77.9 Å². The van der Waals surface area contributed by atoms with Crippen LogP contribution in [0.2, 0.25) is 5.02 Å². The molecule has 0 fully saturated rings. The second-order valence-electron chi connectivity index (χ2n) is 5.72. The molecule has 1 N–H and O–H groups in total. The minimum absolute atomic E-state index is 0.499. The van der Waals surface area contributed by atoms with Crippen molar-refractivity contribution >= 4 is 23.5 Å². The standard InChI is InChI=1S/C21H19ClN2O/c1-16-5-11-20(12-6-16)24-23-14-18-3-2-4-21(13-18)25-15-17-7-9-19(22)10-8-17/h2-14,24H,15H2,1H3/b23-14+. The highest BCUT2D eigenvalue weighted by molar-refractivity contribution is 6.30. The van der Waals surface area contributed by atoms with E-state index >= 15 is 0 Å². The molecule has 25 heavy (non-hydrogen) atoms. The third kappa shape index (κ3) is 5.37. The summed E-state index contributed by atoms with van der Waals surface area (Å²) in [7, 11) is 0. The van der Waals surface area contributed by atoms with Gasteiger partial charge in [0.1, 0.15) is 12.4 Å². The SMILES string of the molecule is Cc1ccc(N/N=C/c2cccc(OCc3ccc(Cl)cc3)c2)cc1. The van der Waals surface area contributed by atoms with E-state index in [1.165, 1.54) is 5.56 Å². The smallest absolute Gasteiger partial charge is 0.120 e. The van der Waals surface area contributed by atoms with Crippen LogP contribution in [0, 0.1) is 6.92 Å². The Morgan fingerprint density at radius 1 is 1.00 bits per heavy atom. The maximum Gasteiger partial charge on any atom is 0.120 e. The summed E-state index contributed by atoms with van der Waals surface area (Å²) in [5.41, 5.74) is 7.24. The van der Waals surface area contributed by atoms with Gasteiger partial charge in [-0.15, -0.1) is 0 Å². The van der Waals surface area contributed by atoms with Gasteiger partial charge in [0.05, 0.1) is 11.9 Å². The molecule has 0 unspecified atom stereocenters. The second-order valence-corrected chi connectivity index (χ2v) is 6.16. The van der Waals surface area contributed by atoms with Crippen LogP contribution in [0.3, 0.4) is 0 Å². The van der Waals surface area contributed by atoms with Gasteiger partial charge in [-0.25, -0.2) is 0 Å². The third-order valence-electron chi connectivity index (χ3n) is 3.64. The van der Waals surface area contributed by atoms with E-state index < -0.39 is 0 Å². The number of hydrazone groups is 1. The van der Waals surface area contributed by atoms with Crippen LogP contribution in [0.1, 0.15) is 16.7 Å². The molecular weight excluding hydrogens is 332 g/mol. The first-order valence-corrected chi connectivity index (χ1v) is 8.40. The Morgan fingerprint density at radius 3 is 2.52 bits per heavy atom. The van der Waals surface area contributed by atoms with Gasteiger partial charge in [0, 0.05) is 5.02 Å². The first kappa shape index (κ1) is 17.1. The molecule has 0 aromatic heterocycles. The molecule has 0 amide bonds. The van der Waals surface area contributed by atoms with Gasteiger partial charge >= 0.3 is 0 Å². The van der Waals surface area contributed by atoms with Gasteiger partial charge in [0.2, 0.25) is 0 Å². The van der Waals surface area contributed by atoms with Crippen molar-refractivity contribution in [1.82, 2.24) is 0 Å². The minimum atomic E-state index is 0.499. The van der Waals surface area contributed by atoms with Gasteiger partial charge < -0.3 is 4.74 Å². The summed E-state index contributed by atoms with van der Waals surface area (Å²) in [6.07, 6.45) is 1.77. The maximum atomic E-state index is 5.89.